The van der Waals surface area contributed by atoms with Crippen LogP contribution in [-0.4, -0.2) is 61.4 Å². The van der Waals surface area contributed by atoms with E-state index in [-0.39, 0.29) is 32.2 Å². The Morgan fingerprint density at radius 1 is 1.16 bits per heavy atom. The van der Waals surface area contributed by atoms with Crippen molar-refractivity contribution in [3.05, 3.63) is 0 Å². The summed E-state index contributed by atoms with van der Waals surface area (Å²) in [6.07, 6.45) is -0.691. The molecular formula is C10H22N2O7. The zero-order chi connectivity index (χ0) is 14.0. The molecule has 0 heterocycles. The third-order valence-electron chi connectivity index (χ3n) is 2.09. The molecule has 0 radical (unpaired) electrons. The fourth-order valence-electron chi connectivity index (χ4n) is 1.06. The van der Waals surface area contributed by atoms with Crippen LogP contribution in [0.25, 0.3) is 0 Å². The van der Waals surface area contributed by atoms with E-state index in [0.717, 1.165) is 0 Å². The summed E-state index contributed by atoms with van der Waals surface area (Å²) in [6.45, 7) is 0.903. The highest BCUT2D eigenvalue weighted by molar-refractivity contribution is 5.77. The third kappa shape index (κ3) is 9.33. The van der Waals surface area contributed by atoms with Gasteiger partial charge in [0.25, 0.3) is 0 Å². The monoisotopic (exact) mass is 282 g/mol. The van der Waals surface area contributed by atoms with Crippen molar-refractivity contribution in [3.63, 3.8) is 0 Å². The second-order valence-electron chi connectivity index (χ2n) is 3.54. The average Bonchev–Trinajstić information content (AvgIpc) is 2.31. The molecule has 0 spiro atoms. The largest absolute Gasteiger partial charge is 0.481 e. The Kier molecular flexibility index (Phi) is 11.2. The van der Waals surface area contributed by atoms with Crippen molar-refractivity contribution in [3.8, 4) is 0 Å². The van der Waals surface area contributed by atoms with Crippen molar-refractivity contribution in [2.45, 2.75) is 18.6 Å². The van der Waals surface area contributed by atoms with E-state index in [4.69, 9.17) is 30.2 Å². The highest BCUT2D eigenvalue weighted by Gasteiger charge is 2.35. The summed E-state index contributed by atoms with van der Waals surface area (Å²) in [7, 11) is 1.53. The van der Waals surface area contributed by atoms with E-state index in [0.29, 0.717) is 13.2 Å². The molecule has 9 nitrogen and oxygen atoms in total. The van der Waals surface area contributed by atoms with Gasteiger partial charge in [-0.1, -0.05) is 0 Å². The quantitative estimate of drug-likeness (QED) is 0.287. The Morgan fingerprint density at radius 3 is 2.21 bits per heavy atom. The number of carbonyl (C=O) groups is 2. The van der Waals surface area contributed by atoms with E-state index in [9.17, 15) is 9.59 Å². The smallest absolute Gasteiger partial charge is 0.351 e. The number of rotatable bonds is 11. The number of carboxylic acids is 2. The number of carboxylic acid groups (broad SMARTS) is 2. The van der Waals surface area contributed by atoms with Crippen molar-refractivity contribution in [2.75, 3.05) is 33.5 Å². The van der Waals surface area contributed by atoms with Crippen LogP contribution in [0.2, 0.25) is 0 Å². The summed E-state index contributed by atoms with van der Waals surface area (Å²) in [6, 6.07) is 0. The van der Waals surface area contributed by atoms with Gasteiger partial charge in [0.05, 0.1) is 26.4 Å². The predicted molar refractivity (Wildman–Crippen MR) is 65.1 cm³/mol. The van der Waals surface area contributed by atoms with Gasteiger partial charge in [0, 0.05) is 20.0 Å². The van der Waals surface area contributed by atoms with Gasteiger partial charge in [-0.3, -0.25) is 10.5 Å². The molecule has 1 atom stereocenters. The molecule has 0 aromatic carbocycles. The SMILES string of the molecule is COCCOCCO[C@](N)(CCC(=O)O)C(=O)O.N. The Hall–Kier alpha value is -1.26. The van der Waals surface area contributed by atoms with Crippen molar-refractivity contribution < 1.29 is 34.0 Å². The minimum Gasteiger partial charge on any atom is -0.481 e. The molecule has 19 heavy (non-hydrogen) atoms. The minimum absolute atomic E-state index is 0. The first-order valence-electron chi connectivity index (χ1n) is 5.37. The number of nitrogens with two attached hydrogens (primary N) is 1. The van der Waals surface area contributed by atoms with Gasteiger partial charge in [-0.2, -0.15) is 0 Å². The molecule has 0 amide bonds. The number of methoxy groups -OCH3 is 1. The highest BCUT2D eigenvalue weighted by Crippen LogP contribution is 2.12. The van der Waals surface area contributed by atoms with Crippen molar-refractivity contribution in [2.24, 2.45) is 5.73 Å². The molecule has 0 bridgehead atoms. The van der Waals surface area contributed by atoms with Crippen LogP contribution in [0.15, 0.2) is 0 Å². The lowest BCUT2D eigenvalue weighted by Gasteiger charge is -2.24. The lowest BCUT2D eigenvalue weighted by molar-refractivity contribution is -0.169. The number of ether oxygens (including phenoxy) is 3. The lowest BCUT2D eigenvalue weighted by atomic mass is 10.1. The first kappa shape index (κ1) is 20.1. The lowest BCUT2D eigenvalue weighted by Crippen LogP contribution is -2.51. The maximum atomic E-state index is 10.9. The summed E-state index contributed by atoms with van der Waals surface area (Å²) in [5.41, 5.74) is 3.47. The minimum atomic E-state index is -2.00. The first-order chi connectivity index (χ1) is 8.42. The molecule has 7 N–H and O–H groups in total. The van der Waals surface area contributed by atoms with E-state index in [1.54, 1.807) is 0 Å². The number of hydrogen-bond acceptors (Lipinski definition) is 7. The van der Waals surface area contributed by atoms with Crippen LogP contribution in [0.5, 0.6) is 0 Å². The van der Waals surface area contributed by atoms with Crippen molar-refractivity contribution in [1.82, 2.24) is 6.15 Å². The van der Waals surface area contributed by atoms with Gasteiger partial charge in [0.2, 0.25) is 5.72 Å². The predicted octanol–water partition coefficient (Wildman–Crippen LogP) is -0.568. The van der Waals surface area contributed by atoms with Crippen LogP contribution in [0.4, 0.5) is 0 Å². The van der Waals surface area contributed by atoms with Gasteiger partial charge in [-0.15, -0.1) is 0 Å². The summed E-state index contributed by atoms with van der Waals surface area (Å²) in [5.74, 6) is -2.54. The molecule has 0 aliphatic heterocycles. The van der Waals surface area contributed by atoms with Crippen LogP contribution in [0.3, 0.4) is 0 Å². The molecule has 0 saturated heterocycles. The van der Waals surface area contributed by atoms with Gasteiger partial charge >= 0.3 is 11.9 Å². The van der Waals surface area contributed by atoms with Crippen LogP contribution >= 0.6 is 0 Å². The number of aliphatic carboxylic acids is 2. The molecule has 0 fully saturated rings. The second-order valence-corrected chi connectivity index (χ2v) is 3.54. The zero-order valence-corrected chi connectivity index (χ0v) is 11.0. The average molecular weight is 282 g/mol. The van der Waals surface area contributed by atoms with E-state index >= 15 is 0 Å². The molecule has 0 saturated carbocycles. The van der Waals surface area contributed by atoms with Gasteiger partial charge in [-0.25, -0.2) is 4.79 Å². The fourth-order valence-corrected chi connectivity index (χ4v) is 1.06. The van der Waals surface area contributed by atoms with Crippen LogP contribution < -0.4 is 11.9 Å². The van der Waals surface area contributed by atoms with Crippen LogP contribution in [0.1, 0.15) is 12.8 Å². The molecule has 0 aromatic rings. The standard InChI is InChI=1S/C10H19NO7.H3N/c1-16-4-5-17-6-7-18-10(11,9(14)15)3-2-8(12)13;/h2-7,11H2,1H3,(H,12,13)(H,14,15);1H3/t10-;/m1./s1. The van der Waals surface area contributed by atoms with E-state index < -0.39 is 17.7 Å². The molecule has 9 heteroatoms. The van der Waals surface area contributed by atoms with Crippen LogP contribution in [0, 0.1) is 0 Å². The fraction of sp³-hybridized carbons (Fsp3) is 0.800. The number of hydrogen-bond donors (Lipinski definition) is 4. The van der Waals surface area contributed by atoms with E-state index in [1.807, 2.05) is 0 Å². The van der Waals surface area contributed by atoms with E-state index in [2.05, 4.69) is 0 Å². The zero-order valence-electron chi connectivity index (χ0n) is 11.0. The van der Waals surface area contributed by atoms with Gasteiger partial charge in [-0.05, 0) is 0 Å². The second kappa shape index (κ2) is 10.6. The van der Waals surface area contributed by atoms with Gasteiger partial charge in [0.1, 0.15) is 0 Å². The molecule has 0 unspecified atom stereocenters. The molecule has 0 aromatic heterocycles. The normalized spacial score (nSPS) is 13.4. The Morgan fingerprint density at radius 2 is 1.74 bits per heavy atom. The van der Waals surface area contributed by atoms with Gasteiger partial charge in [0.15, 0.2) is 0 Å². The Bertz CT molecular complexity index is 275. The Labute approximate surface area is 111 Å². The summed E-state index contributed by atoms with van der Waals surface area (Å²) in [4.78, 5) is 21.3. The van der Waals surface area contributed by atoms with Crippen molar-refractivity contribution >= 4 is 11.9 Å². The molecule has 0 aliphatic carbocycles. The highest BCUT2D eigenvalue weighted by atomic mass is 16.6. The molecular weight excluding hydrogens is 260 g/mol. The third-order valence-corrected chi connectivity index (χ3v) is 2.09. The van der Waals surface area contributed by atoms with Gasteiger partial charge < -0.3 is 30.6 Å². The molecule has 0 aliphatic rings. The van der Waals surface area contributed by atoms with E-state index in [1.165, 1.54) is 7.11 Å². The molecule has 0 rings (SSSR count). The van der Waals surface area contributed by atoms with Crippen LogP contribution in [-0.2, 0) is 23.8 Å². The summed E-state index contributed by atoms with van der Waals surface area (Å²) in [5, 5.41) is 17.4. The maximum Gasteiger partial charge on any atom is 0.351 e. The summed E-state index contributed by atoms with van der Waals surface area (Å²) < 4.78 is 14.8. The summed E-state index contributed by atoms with van der Waals surface area (Å²) >= 11 is 0. The topological polar surface area (TPSA) is 163 Å². The maximum absolute atomic E-state index is 10.9. The molecule has 114 valence electrons. The van der Waals surface area contributed by atoms with Crippen molar-refractivity contribution in [1.29, 1.82) is 0 Å². The Balaban J connectivity index is 0. The first-order valence-corrected chi connectivity index (χ1v) is 5.37.